The number of rotatable bonds is 6. The van der Waals surface area contributed by atoms with E-state index in [1.807, 2.05) is 13.8 Å². The normalized spacial score (nSPS) is 19.6. The van der Waals surface area contributed by atoms with Gasteiger partial charge in [-0.05, 0) is 42.5 Å². The molecule has 0 bridgehead atoms. The first-order valence-corrected chi connectivity index (χ1v) is 12.2. The number of hydrogen-bond donors (Lipinski definition) is 1. The second-order valence-electron chi connectivity index (χ2n) is 10.4. The summed E-state index contributed by atoms with van der Waals surface area (Å²) in [5.74, 6) is -0.625. The predicted octanol–water partition coefficient (Wildman–Crippen LogP) is 4.68. The van der Waals surface area contributed by atoms with Crippen LogP contribution in [0.2, 0.25) is 0 Å². The maximum Gasteiger partial charge on any atom is 0.337 e. The highest BCUT2D eigenvalue weighted by Crippen LogP contribution is 2.51. The van der Waals surface area contributed by atoms with Gasteiger partial charge < -0.3 is 24.3 Å². The van der Waals surface area contributed by atoms with Crippen LogP contribution in [0.4, 0.5) is 5.69 Å². The number of dihydropyridines is 1. The molecule has 0 unspecified atom stereocenters. The van der Waals surface area contributed by atoms with E-state index in [2.05, 4.69) is 5.32 Å². The topological polar surface area (TPSA) is 126 Å². The number of nitrogens with zero attached hydrogens (tertiary/aromatic N) is 1. The van der Waals surface area contributed by atoms with Gasteiger partial charge in [0.05, 0.1) is 29.6 Å². The fourth-order valence-corrected chi connectivity index (χ4v) is 5.30. The van der Waals surface area contributed by atoms with Gasteiger partial charge in [0.2, 0.25) is 6.79 Å². The summed E-state index contributed by atoms with van der Waals surface area (Å²) in [6.07, 6.45) is 0.796. The molecule has 1 atom stereocenters. The molecule has 5 rings (SSSR count). The van der Waals surface area contributed by atoms with Crippen LogP contribution < -0.4 is 19.5 Å². The molecule has 0 radical (unpaired) electrons. The Labute approximate surface area is 219 Å². The van der Waals surface area contributed by atoms with Crippen molar-refractivity contribution in [1.82, 2.24) is 5.32 Å². The molecule has 2 heterocycles. The fourth-order valence-electron chi connectivity index (χ4n) is 5.30. The third-order valence-electron chi connectivity index (χ3n) is 7.02. The number of ether oxygens (including phenoxy) is 4. The molecule has 0 aromatic heterocycles. The molecule has 1 aliphatic carbocycles. The van der Waals surface area contributed by atoms with Crippen LogP contribution in [0, 0.1) is 15.5 Å². The molecule has 0 fully saturated rings. The van der Waals surface area contributed by atoms with Gasteiger partial charge in [-0.3, -0.25) is 14.9 Å². The molecule has 2 aromatic rings. The van der Waals surface area contributed by atoms with Crippen molar-refractivity contribution in [3.63, 3.8) is 0 Å². The lowest BCUT2D eigenvalue weighted by Gasteiger charge is -2.39. The molecule has 0 saturated heterocycles. The van der Waals surface area contributed by atoms with Crippen LogP contribution in [0.15, 0.2) is 58.9 Å². The molecular formula is C28H28N2O8. The smallest absolute Gasteiger partial charge is 0.337 e. The SMILES string of the molecule is COc1ccc(COC(=O)C2=C(C)NC3=C(C(=O)CC(C)(C)C3)[C@H]2c2cc3c(cc2[N+](=O)[O-])OCO3)cc1. The standard InChI is InChI=1S/C28H28N2O8/c1-15-24(27(32)36-13-16-5-7-17(35-4)8-6-16)25(26-19(29-15)11-28(2,3)12-21(26)31)18-9-22-23(38-14-37-22)10-20(18)30(33)34/h5-10,25,29H,11-14H2,1-4H3/t25-/m0/s1. The zero-order chi connectivity index (χ0) is 27.2. The molecule has 0 spiro atoms. The van der Waals surface area contributed by atoms with Crippen molar-refractivity contribution in [3.05, 3.63) is 80.2 Å². The molecule has 2 aromatic carbocycles. The first kappa shape index (κ1) is 25.3. The van der Waals surface area contributed by atoms with Gasteiger partial charge in [0.15, 0.2) is 17.3 Å². The highest BCUT2D eigenvalue weighted by Gasteiger charge is 2.45. The molecule has 10 nitrogen and oxygen atoms in total. The number of ketones is 1. The number of methoxy groups -OCH3 is 1. The quantitative estimate of drug-likeness (QED) is 0.328. The van der Waals surface area contributed by atoms with Crippen molar-refractivity contribution < 1.29 is 33.5 Å². The summed E-state index contributed by atoms with van der Waals surface area (Å²) < 4.78 is 21.7. The maximum atomic E-state index is 13.6. The minimum atomic E-state index is -1.01. The summed E-state index contributed by atoms with van der Waals surface area (Å²) in [7, 11) is 1.56. The Morgan fingerprint density at radius 3 is 2.50 bits per heavy atom. The van der Waals surface area contributed by atoms with Gasteiger partial charge in [0.1, 0.15) is 12.4 Å². The van der Waals surface area contributed by atoms with Crippen molar-refractivity contribution in [1.29, 1.82) is 0 Å². The average Bonchev–Trinajstić information content (AvgIpc) is 3.33. The largest absolute Gasteiger partial charge is 0.497 e. The lowest BCUT2D eigenvalue weighted by Crippen LogP contribution is -2.38. The van der Waals surface area contributed by atoms with Crippen LogP contribution in [0.3, 0.4) is 0 Å². The molecule has 10 heteroatoms. The molecule has 3 aliphatic rings. The summed E-state index contributed by atoms with van der Waals surface area (Å²) in [4.78, 5) is 38.8. The Kier molecular flexibility index (Phi) is 6.34. The minimum Gasteiger partial charge on any atom is -0.497 e. The predicted molar refractivity (Wildman–Crippen MR) is 136 cm³/mol. The molecular weight excluding hydrogens is 492 g/mol. The van der Waals surface area contributed by atoms with E-state index in [1.165, 1.54) is 12.1 Å². The fraction of sp³-hybridized carbons (Fsp3) is 0.357. The zero-order valence-electron chi connectivity index (χ0n) is 21.6. The van der Waals surface area contributed by atoms with E-state index >= 15 is 0 Å². The Morgan fingerprint density at radius 2 is 1.84 bits per heavy atom. The summed E-state index contributed by atoms with van der Waals surface area (Å²) >= 11 is 0. The number of allylic oxidation sites excluding steroid dienone is 3. The average molecular weight is 521 g/mol. The maximum absolute atomic E-state index is 13.6. The van der Waals surface area contributed by atoms with Crippen molar-refractivity contribution in [2.45, 2.75) is 46.1 Å². The highest BCUT2D eigenvalue weighted by atomic mass is 16.7. The summed E-state index contributed by atoms with van der Waals surface area (Å²) in [5, 5.41) is 15.4. The van der Waals surface area contributed by atoms with Gasteiger partial charge in [-0.2, -0.15) is 0 Å². The van der Waals surface area contributed by atoms with Crippen LogP contribution in [0.1, 0.15) is 50.7 Å². The van der Waals surface area contributed by atoms with Gasteiger partial charge >= 0.3 is 5.97 Å². The van der Waals surface area contributed by atoms with Crippen LogP contribution in [-0.4, -0.2) is 30.6 Å². The van der Waals surface area contributed by atoms with E-state index in [0.29, 0.717) is 34.9 Å². The van der Waals surface area contributed by atoms with Gasteiger partial charge in [0.25, 0.3) is 5.69 Å². The van der Waals surface area contributed by atoms with E-state index in [-0.39, 0.29) is 53.6 Å². The lowest BCUT2D eigenvalue weighted by molar-refractivity contribution is -0.385. The number of hydrogen-bond acceptors (Lipinski definition) is 9. The number of esters is 1. The monoisotopic (exact) mass is 520 g/mol. The van der Waals surface area contributed by atoms with Crippen LogP contribution in [-0.2, 0) is 20.9 Å². The number of fused-ring (bicyclic) bond motifs is 1. The molecule has 1 N–H and O–H groups in total. The Balaban J connectivity index is 1.59. The molecule has 0 saturated carbocycles. The Morgan fingerprint density at radius 1 is 1.16 bits per heavy atom. The van der Waals surface area contributed by atoms with E-state index in [4.69, 9.17) is 18.9 Å². The van der Waals surface area contributed by atoms with Crippen LogP contribution in [0.5, 0.6) is 17.2 Å². The van der Waals surface area contributed by atoms with Gasteiger partial charge in [-0.25, -0.2) is 4.79 Å². The number of Topliss-reactive ketones (excluding diaryl/α,β-unsaturated/α-hetero) is 1. The van der Waals surface area contributed by atoms with Gasteiger partial charge in [-0.1, -0.05) is 26.0 Å². The number of nitrogens with one attached hydrogen (secondary N) is 1. The summed E-state index contributed by atoms with van der Waals surface area (Å²) in [6, 6.07) is 9.85. The van der Waals surface area contributed by atoms with E-state index in [0.717, 1.165) is 5.56 Å². The van der Waals surface area contributed by atoms with Crippen molar-refractivity contribution in [2.75, 3.05) is 13.9 Å². The first-order chi connectivity index (χ1) is 18.1. The number of carbonyl (C=O) groups excluding carboxylic acids is 2. The lowest BCUT2D eigenvalue weighted by atomic mass is 9.68. The number of nitro groups is 1. The third kappa shape index (κ3) is 4.57. The molecule has 0 amide bonds. The highest BCUT2D eigenvalue weighted by molar-refractivity contribution is 6.04. The number of nitro benzene ring substituents is 1. The summed E-state index contributed by atoms with van der Waals surface area (Å²) in [6.45, 7) is 5.60. The zero-order valence-corrected chi connectivity index (χ0v) is 21.6. The number of benzene rings is 2. The van der Waals surface area contributed by atoms with Crippen LogP contribution in [0.25, 0.3) is 0 Å². The van der Waals surface area contributed by atoms with Crippen molar-refractivity contribution in [3.8, 4) is 17.2 Å². The van der Waals surface area contributed by atoms with Gasteiger partial charge in [-0.15, -0.1) is 0 Å². The van der Waals surface area contributed by atoms with E-state index in [9.17, 15) is 19.7 Å². The first-order valence-electron chi connectivity index (χ1n) is 12.2. The molecule has 2 aliphatic heterocycles. The molecule has 38 heavy (non-hydrogen) atoms. The second kappa shape index (κ2) is 9.51. The van der Waals surface area contributed by atoms with Gasteiger partial charge in [0, 0.05) is 29.0 Å². The van der Waals surface area contributed by atoms with Crippen molar-refractivity contribution >= 4 is 17.4 Å². The van der Waals surface area contributed by atoms with E-state index < -0.39 is 16.8 Å². The van der Waals surface area contributed by atoms with Crippen molar-refractivity contribution in [2.24, 2.45) is 5.41 Å². The Bertz CT molecular complexity index is 1400. The Hall–Kier alpha value is -4.34. The second-order valence-corrected chi connectivity index (χ2v) is 10.4. The third-order valence-corrected chi connectivity index (χ3v) is 7.02. The summed E-state index contributed by atoms with van der Waals surface area (Å²) in [5.41, 5.74) is 1.97. The minimum absolute atomic E-state index is 0.0254. The molecule has 198 valence electrons. The number of carbonyl (C=O) groups is 2. The van der Waals surface area contributed by atoms with E-state index in [1.54, 1.807) is 38.3 Å². The van der Waals surface area contributed by atoms with Crippen LogP contribution >= 0.6 is 0 Å².